The summed E-state index contributed by atoms with van der Waals surface area (Å²) in [6.45, 7) is 12.9. The standard InChI is InChI=1S/C13H29N5/c1-6-9-11(5)18(8-3)13(15)17-12(14)16-10(4)7-2/h7,10-11,13H,2,6,8-9,15H2,1,3-5H3,(H3,14,16,17). The summed E-state index contributed by atoms with van der Waals surface area (Å²) in [5.74, 6) is 0.233. The van der Waals surface area contributed by atoms with Crippen molar-refractivity contribution in [2.24, 2.45) is 5.73 Å². The minimum absolute atomic E-state index is 0.0559. The average molecular weight is 255 g/mol. The summed E-state index contributed by atoms with van der Waals surface area (Å²) in [6.07, 6.45) is 3.65. The Labute approximate surface area is 111 Å². The molecule has 0 saturated carbocycles. The predicted molar refractivity (Wildman–Crippen MR) is 78.4 cm³/mol. The third-order valence-electron chi connectivity index (χ3n) is 3.01. The van der Waals surface area contributed by atoms with Gasteiger partial charge in [0.05, 0.1) is 0 Å². The number of nitrogens with one attached hydrogen (secondary N) is 3. The minimum atomic E-state index is -0.339. The quantitative estimate of drug-likeness (QED) is 0.229. The van der Waals surface area contributed by atoms with E-state index in [1.165, 1.54) is 0 Å². The fourth-order valence-corrected chi connectivity index (χ4v) is 1.93. The van der Waals surface area contributed by atoms with E-state index in [1.54, 1.807) is 6.08 Å². The Morgan fingerprint density at radius 3 is 2.44 bits per heavy atom. The first-order valence-corrected chi connectivity index (χ1v) is 6.71. The number of rotatable bonds is 8. The van der Waals surface area contributed by atoms with Crippen LogP contribution in [-0.2, 0) is 0 Å². The van der Waals surface area contributed by atoms with Gasteiger partial charge in [0, 0.05) is 12.1 Å². The van der Waals surface area contributed by atoms with E-state index < -0.39 is 0 Å². The van der Waals surface area contributed by atoms with Gasteiger partial charge in [-0.3, -0.25) is 16.0 Å². The minimum Gasteiger partial charge on any atom is -0.351 e. The highest BCUT2D eigenvalue weighted by molar-refractivity contribution is 5.77. The fraction of sp³-hybridized carbons (Fsp3) is 0.769. The van der Waals surface area contributed by atoms with Gasteiger partial charge in [-0.2, -0.15) is 0 Å². The Balaban J connectivity index is 4.29. The predicted octanol–water partition coefficient (Wildman–Crippen LogP) is 1.43. The fourth-order valence-electron chi connectivity index (χ4n) is 1.93. The zero-order chi connectivity index (χ0) is 14.1. The van der Waals surface area contributed by atoms with Crippen LogP contribution in [0.3, 0.4) is 0 Å². The highest BCUT2D eigenvalue weighted by atomic mass is 15.4. The van der Waals surface area contributed by atoms with E-state index in [2.05, 4.69) is 42.9 Å². The van der Waals surface area contributed by atoms with Gasteiger partial charge >= 0.3 is 0 Å². The molecule has 0 rings (SSSR count). The molecule has 0 aromatic carbocycles. The van der Waals surface area contributed by atoms with E-state index in [4.69, 9.17) is 11.1 Å². The molecule has 5 heteroatoms. The molecule has 0 radical (unpaired) electrons. The zero-order valence-electron chi connectivity index (χ0n) is 12.2. The lowest BCUT2D eigenvalue weighted by atomic mass is 10.1. The first kappa shape index (κ1) is 16.9. The molecule has 0 spiro atoms. The van der Waals surface area contributed by atoms with Crippen molar-refractivity contribution >= 4 is 5.96 Å². The Hall–Kier alpha value is -1.07. The van der Waals surface area contributed by atoms with Gasteiger partial charge in [-0.1, -0.05) is 26.3 Å². The molecule has 5 N–H and O–H groups in total. The molecule has 3 atom stereocenters. The highest BCUT2D eigenvalue weighted by Crippen LogP contribution is 2.06. The van der Waals surface area contributed by atoms with Crippen molar-refractivity contribution in [2.45, 2.75) is 58.9 Å². The van der Waals surface area contributed by atoms with Gasteiger partial charge in [0.1, 0.15) is 6.29 Å². The molecule has 0 bridgehead atoms. The third kappa shape index (κ3) is 6.02. The van der Waals surface area contributed by atoms with Crippen molar-refractivity contribution in [2.75, 3.05) is 6.54 Å². The molecule has 0 aliphatic heterocycles. The molecule has 0 aliphatic rings. The molecule has 18 heavy (non-hydrogen) atoms. The number of hydrogen-bond acceptors (Lipinski definition) is 3. The lowest BCUT2D eigenvalue weighted by Crippen LogP contribution is -2.59. The van der Waals surface area contributed by atoms with Crippen molar-refractivity contribution in [3.63, 3.8) is 0 Å². The van der Waals surface area contributed by atoms with Crippen LogP contribution < -0.4 is 16.4 Å². The van der Waals surface area contributed by atoms with Crippen LogP contribution in [-0.4, -0.2) is 35.8 Å². The van der Waals surface area contributed by atoms with Gasteiger partial charge in [0.2, 0.25) is 0 Å². The van der Waals surface area contributed by atoms with Gasteiger partial charge in [-0.05, 0) is 26.8 Å². The maximum atomic E-state index is 7.79. The van der Waals surface area contributed by atoms with Crippen LogP contribution >= 0.6 is 0 Å². The van der Waals surface area contributed by atoms with Gasteiger partial charge < -0.3 is 10.6 Å². The zero-order valence-corrected chi connectivity index (χ0v) is 12.2. The summed E-state index contributed by atoms with van der Waals surface area (Å²) < 4.78 is 0. The van der Waals surface area contributed by atoms with Crippen molar-refractivity contribution in [3.05, 3.63) is 12.7 Å². The van der Waals surface area contributed by atoms with E-state index in [9.17, 15) is 0 Å². The number of hydrogen-bond donors (Lipinski definition) is 4. The van der Waals surface area contributed by atoms with Crippen LogP contribution in [0.4, 0.5) is 0 Å². The Morgan fingerprint density at radius 1 is 1.39 bits per heavy atom. The molecule has 0 aromatic heterocycles. The lowest BCUT2D eigenvalue weighted by molar-refractivity contribution is 0.135. The summed E-state index contributed by atoms with van der Waals surface area (Å²) in [7, 11) is 0. The summed E-state index contributed by atoms with van der Waals surface area (Å²) >= 11 is 0. The van der Waals surface area contributed by atoms with E-state index in [-0.39, 0.29) is 18.3 Å². The van der Waals surface area contributed by atoms with Crippen LogP contribution in [0.1, 0.15) is 40.5 Å². The van der Waals surface area contributed by atoms with Gasteiger partial charge in [-0.15, -0.1) is 6.58 Å². The SMILES string of the molecule is C=CC(C)NC(=N)NC(N)N(CC)C(C)CCC. The molecular formula is C13H29N5. The Morgan fingerprint density at radius 2 is 2.00 bits per heavy atom. The summed E-state index contributed by atoms with van der Waals surface area (Å²) in [5, 5.41) is 13.7. The largest absolute Gasteiger partial charge is 0.351 e. The lowest BCUT2D eigenvalue weighted by Gasteiger charge is -2.34. The van der Waals surface area contributed by atoms with E-state index in [1.807, 2.05) is 6.92 Å². The topological polar surface area (TPSA) is 77.2 Å². The maximum absolute atomic E-state index is 7.79. The van der Waals surface area contributed by atoms with Gasteiger partial charge in [0.25, 0.3) is 0 Å². The molecule has 0 aliphatic carbocycles. The van der Waals surface area contributed by atoms with Crippen LogP contribution in [0.15, 0.2) is 12.7 Å². The number of guanidine groups is 1. The van der Waals surface area contributed by atoms with Crippen molar-refractivity contribution < 1.29 is 0 Å². The molecule has 0 saturated heterocycles. The molecule has 106 valence electrons. The maximum Gasteiger partial charge on any atom is 0.191 e. The number of nitrogens with zero attached hydrogens (tertiary/aromatic N) is 1. The van der Waals surface area contributed by atoms with E-state index in [0.717, 1.165) is 19.4 Å². The Kier molecular flexibility index (Phi) is 8.41. The molecule has 0 aromatic rings. The van der Waals surface area contributed by atoms with Crippen molar-refractivity contribution in [1.29, 1.82) is 5.41 Å². The summed E-state index contributed by atoms with van der Waals surface area (Å²) in [6, 6.07) is 0.465. The molecule has 0 amide bonds. The molecule has 3 unspecified atom stereocenters. The van der Waals surface area contributed by atoms with Gasteiger partial charge in [0.15, 0.2) is 5.96 Å². The van der Waals surface area contributed by atoms with E-state index >= 15 is 0 Å². The summed E-state index contributed by atoms with van der Waals surface area (Å²) in [5.41, 5.74) is 6.09. The monoisotopic (exact) mass is 255 g/mol. The second kappa shape index (κ2) is 8.94. The average Bonchev–Trinajstić information content (AvgIpc) is 2.29. The van der Waals surface area contributed by atoms with Crippen LogP contribution in [0.25, 0.3) is 0 Å². The van der Waals surface area contributed by atoms with Crippen LogP contribution in [0.5, 0.6) is 0 Å². The smallest absolute Gasteiger partial charge is 0.191 e. The first-order valence-electron chi connectivity index (χ1n) is 6.71. The second-order valence-corrected chi connectivity index (χ2v) is 4.60. The van der Waals surface area contributed by atoms with Crippen molar-refractivity contribution in [1.82, 2.24) is 15.5 Å². The van der Waals surface area contributed by atoms with Crippen LogP contribution in [0.2, 0.25) is 0 Å². The molecule has 0 fully saturated rings. The van der Waals surface area contributed by atoms with Crippen LogP contribution in [0, 0.1) is 5.41 Å². The van der Waals surface area contributed by atoms with Crippen molar-refractivity contribution in [3.8, 4) is 0 Å². The second-order valence-electron chi connectivity index (χ2n) is 4.60. The molecular weight excluding hydrogens is 226 g/mol. The normalized spacial score (nSPS) is 15.9. The first-order chi connectivity index (χ1) is 8.46. The van der Waals surface area contributed by atoms with E-state index in [0.29, 0.717) is 6.04 Å². The molecule has 0 heterocycles. The highest BCUT2D eigenvalue weighted by Gasteiger charge is 2.18. The third-order valence-corrected chi connectivity index (χ3v) is 3.01. The summed E-state index contributed by atoms with van der Waals surface area (Å²) in [4.78, 5) is 2.15. The number of nitrogens with two attached hydrogens (primary N) is 1. The Bertz CT molecular complexity index is 254. The molecule has 5 nitrogen and oxygen atoms in total. The van der Waals surface area contributed by atoms with Gasteiger partial charge in [-0.25, -0.2) is 0 Å².